The number of rotatable bonds is 3. The van der Waals surface area contributed by atoms with Gasteiger partial charge in [-0.2, -0.15) is 0 Å². The Labute approximate surface area is 107 Å². The second-order valence-electron chi connectivity index (χ2n) is 4.42. The summed E-state index contributed by atoms with van der Waals surface area (Å²) >= 11 is 0. The molecule has 0 amide bonds. The first kappa shape index (κ1) is 11.0. The van der Waals surface area contributed by atoms with Crippen LogP contribution in [0.25, 0.3) is 0 Å². The third kappa shape index (κ3) is 2.01. The molecule has 18 heavy (non-hydrogen) atoms. The van der Waals surface area contributed by atoms with Gasteiger partial charge in [-0.05, 0) is 18.1 Å². The summed E-state index contributed by atoms with van der Waals surface area (Å²) in [5, 5.41) is 3.21. The second-order valence-corrected chi connectivity index (χ2v) is 4.42. The number of aromatic nitrogens is 2. The summed E-state index contributed by atoms with van der Waals surface area (Å²) in [5.74, 6) is 1.87. The fraction of sp³-hybridized carbons (Fsp3) is 0.286. The number of benzene rings is 1. The highest BCUT2D eigenvalue weighted by Gasteiger charge is 2.19. The molecule has 1 aromatic heterocycles. The van der Waals surface area contributed by atoms with E-state index in [0.717, 1.165) is 31.3 Å². The van der Waals surface area contributed by atoms with Crippen LogP contribution in [-0.2, 0) is 13.1 Å². The van der Waals surface area contributed by atoms with Crippen LogP contribution in [-0.4, -0.2) is 16.5 Å². The molecule has 3 rings (SSSR count). The van der Waals surface area contributed by atoms with Gasteiger partial charge in [-0.15, -0.1) is 0 Å². The summed E-state index contributed by atoms with van der Waals surface area (Å²) in [5.41, 5.74) is 2.78. The number of hydrogen-bond acceptors (Lipinski definition) is 4. The van der Waals surface area contributed by atoms with E-state index in [1.807, 2.05) is 6.07 Å². The average Bonchev–Trinajstić information content (AvgIpc) is 2.83. The third-order valence-electron chi connectivity index (χ3n) is 3.18. The molecular weight excluding hydrogens is 224 g/mol. The molecule has 2 heterocycles. The van der Waals surface area contributed by atoms with Crippen molar-refractivity contribution in [1.29, 1.82) is 0 Å². The topological polar surface area (TPSA) is 41.0 Å². The Morgan fingerprint density at radius 2 is 1.89 bits per heavy atom. The molecule has 0 spiro atoms. The van der Waals surface area contributed by atoms with E-state index in [1.165, 1.54) is 11.1 Å². The van der Waals surface area contributed by atoms with Gasteiger partial charge in [-0.25, -0.2) is 9.97 Å². The number of anilines is 2. The Balaban J connectivity index is 1.83. The molecule has 0 bridgehead atoms. The standard InChI is InChI=1S/C14H16N4/c1-2-15-13-7-14(17-10-16-13)18-8-11-5-3-4-6-12(11)9-18/h3-7,10H,2,8-9H2,1H3,(H,15,16,17). The molecule has 2 aromatic rings. The highest BCUT2D eigenvalue weighted by molar-refractivity contribution is 5.52. The Morgan fingerprint density at radius 3 is 2.56 bits per heavy atom. The predicted molar refractivity (Wildman–Crippen MR) is 72.5 cm³/mol. The minimum absolute atomic E-state index is 0.872. The maximum Gasteiger partial charge on any atom is 0.134 e. The molecule has 0 saturated carbocycles. The molecular formula is C14H16N4. The smallest absolute Gasteiger partial charge is 0.134 e. The van der Waals surface area contributed by atoms with Crippen LogP contribution in [0.5, 0.6) is 0 Å². The average molecular weight is 240 g/mol. The lowest BCUT2D eigenvalue weighted by molar-refractivity contribution is 0.851. The highest BCUT2D eigenvalue weighted by Crippen LogP contribution is 2.27. The van der Waals surface area contributed by atoms with E-state index in [2.05, 4.69) is 51.4 Å². The molecule has 0 saturated heterocycles. The fourth-order valence-electron chi connectivity index (χ4n) is 2.29. The Morgan fingerprint density at radius 1 is 1.17 bits per heavy atom. The largest absolute Gasteiger partial charge is 0.370 e. The first-order chi connectivity index (χ1) is 8.86. The van der Waals surface area contributed by atoms with Gasteiger partial charge in [0, 0.05) is 25.7 Å². The molecule has 1 N–H and O–H groups in total. The van der Waals surface area contributed by atoms with Crippen molar-refractivity contribution in [3.8, 4) is 0 Å². The van der Waals surface area contributed by atoms with Gasteiger partial charge in [0.2, 0.25) is 0 Å². The van der Waals surface area contributed by atoms with Crippen molar-refractivity contribution < 1.29 is 0 Å². The first-order valence-electron chi connectivity index (χ1n) is 6.24. The normalized spacial score (nSPS) is 13.5. The van der Waals surface area contributed by atoms with Crippen LogP contribution in [0.15, 0.2) is 36.7 Å². The lowest BCUT2D eigenvalue weighted by Crippen LogP contribution is -2.16. The lowest BCUT2D eigenvalue weighted by Gasteiger charge is -2.16. The molecule has 1 aromatic carbocycles. The summed E-state index contributed by atoms with van der Waals surface area (Å²) in [6.45, 7) is 4.79. The minimum atomic E-state index is 0.872. The van der Waals surface area contributed by atoms with Gasteiger partial charge in [-0.1, -0.05) is 24.3 Å². The number of hydrogen-bond donors (Lipinski definition) is 1. The van der Waals surface area contributed by atoms with Crippen LogP contribution in [0, 0.1) is 0 Å². The summed E-state index contributed by atoms with van der Waals surface area (Å²) < 4.78 is 0. The Hall–Kier alpha value is -2.10. The van der Waals surface area contributed by atoms with Gasteiger partial charge >= 0.3 is 0 Å². The molecule has 0 radical (unpaired) electrons. The summed E-state index contributed by atoms with van der Waals surface area (Å²) in [6, 6.07) is 10.6. The maximum atomic E-state index is 4.36. The van der Waals surface area contributed by atoms with E-state index in [1.54, 1.807) is 6.33 Å². The first-order valence-corrected chi connectivity index (χ1v) is 6.24. The predicted octanol–water partition coefficient (Wildman–Crippen LogP) is 2.43. The molecule has 0 fully saturated rings. The van der Waals surface area contributed by atoms with Crippen LogP contribution < -0.4 is 10.2 Å². The van der Waals surface area contributed by atoms with Crippen molar-refractivity contribution in [2.45, 2.75) is 20.0 Å². The van der Waals surface area contributed by atoms with E-state index in [0.29, 0.717) is 0 Å². The van der Waals surface area contributed by atoms with Gasteiger partial charge < -0.3 is 10.2 Å². The van der Waals surface area contributed by atoms with Gasteiger partial charge in [0.15, 0.2) is 0 Å². The zero-order valence-corrected chi connectivity index (χ0v) is 10.4. The van der Waals surface area contributed by atoms with Crippen molar-refractivity contribution in [3.63, 3.8) is 0 Å². The second kappa shape index (κ2) is 4.64. The Bertz CT molecular complexity index is 528. The van der Waals surface area contributed by atoms with Crippen LogP contribution in [0.1, 0.15) is 18.1 Å². The van der Waals surface area contributed by atoms with E-state index in [4.69, 9.17) is 0 Å². The summed E-state index contributed by atoms with van der Waals surface area (Å²) in [7, 11) is 0. The Kier molecular flexibility index (Phi) is 2.84. The van der Waals surface area contributed by atoms with E-state index in [-0.39, 0.29) is 0 Å². The van der Waals surface area contributed by atoms with Gasteiger partial charge in [0.05, 0.1) is 0 Å². The number of nitrogens with one attached hydrogen (secondary N) is 1. The highest BCUT2D eigenvalue weighted by atomic mass is 15.2. The molecule has 0 unspecified atom stereocenters. The van der Waals surface area contributed by atoms with E-state index >= 15 is 0 Å². The minimum Gasteiger partial charge on any atom is -0.370 e. The molecule has 4 heteroatoms. The van der Waals surface area contributed by atoms with Crippen molar-refractivity contribution in [1.82, 2.24) is 9.97 Å². The molecule has 92 valence electrons. The van der Waals surface area contributed by atoms with Crippen LogP contribution in [0.2, 0.25) is 0 Å². The quantitative estimate of drug-likeness (QED) is 0.894. The molecule has 1 aliphatic rings. The third-order valence-corrected chi connectivity index (χ3v) is 3.18. The summed E-state index contributed by atoms with van der Waals surface area (Å²) in [4.78, 5) is 10.8. The van der Waals surface area contributed by atoms with E-state index < -0.39 is 0 Å². The van der Waals surface area contributed by atoms with Crippen LogP contribution >= 0.6 is 0 Å². The fourth-order valence-corrected chi connectivity index (χ4v) is 2.29. The van der Waals surface area contributed by atoms with E-state index in [9.17, 15) is 0 Å². The van der Waals surface area contributed by atoms with Gasteiger partial charge in [0.25, 0.3) is 0 Å². The van der Waals surface area contributed by atoms with Crippen molar-refractivity contribution in [2.75, 3.05) is 16.8 Å². The number of fused-ring (bicyclic) bond motifs is 1. The molecule has 4 nitrogen and oxygen atoms in total. The van der Waals surface area contributed by atoms with Crippen LogP contribution in [0.4, 0.5) is 11.6 Å². The SMILES string of the molecule is CCNc1cc(N2Cc3ccccc3C2)ncn1. The zero-order chi connectivity index (χ0) is 12.4. The number of nitrogens with zero attached hydrogens (tertiary/aromatic N) is 3. The molecule has 0 aliphatic carbocycles. The van der Waals surface area contributed by atoms with Crippen molar-refractivity contribution in [3.05, 3.63) is 47.8 Å². The summed E-state index contributed by atoms with van der Waals surface area (Å²) in [6.07, 6.45) is 1.62. The van der Waals surface area contributed by atoms with Crippen molar-refractivity contribution >= 4 is 11.6 Å². The zero-order valence-electron chi connectivity index (χ0n) is 10.4. The monoisotopic (exact) mass is 240 g/mol. The maximum absolute atomic E-state index is 4.36. The molecule has 0 atom stereocenters. The van der Waals surface area contributed by atoms with Gasteiger partial charge in [-0.3, -0.25) is 0 Å². The molecule has 1 aliphatic heterocycles. The van der Waals surface area contributed by atoms with Gasteiger partial charge in [0.1, 0.15) is 18.0 Å². The van der Waals surface area contributed by atoms with Crippen molar-refractivity contribution in [2.24, 2.45) is 0 Å². The lowest BCUT2D eigenvalue weighted by atomic mass is 10.1. The van der Waals surface area contributed by atoms with Crippen LogP contribution in [0.3, 0.4) is 0 Å².